The molecule has 28 heavy (non-hydrogen) atoms. The maximum atomic E-state index is 12.9. The molecule has 2 aromatic carbocycles. The molecule has 0 N–H and O–H groups in total. The monoisotopic (exact) mass is 382 g/mol. The van der Waals surface area contributed by atoms with E-state index >= 15 is 0 Å². The Kier molecular flexibility index (Phi) is 6.82. The Morgan fingerprint density at radius 2 is 1.79 bits per heavy atom. The van der Waals surface area contributed by atoms with Gasteiger partial charge in [0.1, 0.15) is 18.2 Å². The highest BCUT2D eigenvalue weighted by Crippen LogP contribution is 2.17. The van der Waals surface area contributed by atoms with Crippen LogP contribution in [0.1, 0.15) is 24.0 Å². The maximum absolute atomic E-state index is 12.9. The molecule has 1 aliphatic rings. The van der Waals surface area contributed by atoms with Crippen LogP contribution in [0.2, 0.25) is 0 Å². The van der Waals surface area contributed by atoms with E-state index in [4.69, 9.17) is 4.74 Å². The first-order valence-corrected chi connectivity index (χ1v) is 9.62. The largest absolute Gasteiger partial charge is 0.489 e. The summed E-state index contributed by atoms with van der Waals surface area (Å²) in [5.41, 5.74) is 1.85. The van der Waals surface area contributed by atoms with Crippen LogP contribution in [0.4, 0.5) is 4.39 Å². The van der Waals surface area contributed by atoms with Crippen molar-refractivity contribution in [3.05, 3.63) is 71.6 Å². The van der Waals surface area contributed by atoms with Crippen molar-refractivity contribution >= 4 is 12.0 Å². The Morgan fingerprint density at radius 1 is 1.14 bits per heavy atom. The number of benzene rings is 2. The Morgan fingerprint density at radius 3 is 2.43 bits per heavy atom. The minimum Gasteiger partial charge on any atom is -0.489 e. The molecule has 1 saturated heterocycles. The lowest BCUT2D eigenvalue weighted by molar-refractivity contribution is -0.127. The summed E-state index contributed by atoms with van der Waals surface area (Å²) in [4.78, 5) is 16.6. The first-order chi connectivity index (χ1) is 13.5. The smallest absolute Gasteiger partial charge is 0.246 e. The van der Waals surface area contributed by atoms with Crippen molar-refractivity contribution < 1.29 is 13.9 Å². The zero-order chi connectivity index (χ0) is 19.9. The highest BCUT2D eigenvalue weighted by molar-refractivity contribution is 5.91. The van der Waals surface area contributed by atoms with Crippen molar-refractivity contribution in [2.75, 3.05) is 27.2 Å². The molecule has 0 radical (unpaired) electrons. The lowest BCUT2D eigenvalue weighted by atomic mass is 10.0. The number of nitrogens with zero attached hydrogens (tertiary/aromatic N) is 2. The first kappa shape index (κ1) is 20.1. The van der Waals surface area contributed by atoms with E-state index in [1.54, 1.807) is 18.2 Å². The van der Waals surface area contributed by atoms with Gasteiger partial charge >= 0.3 is 0 Å². The number of halogens is 1. The van der Waals surface area contributed by atoms with E-state index in [-0.39, 0.29) is 11.7 Å². The molecule has 0 spiro atoms. The molecule has 5 heteroatoms. The molecule has 0 unspecified atom stereocenters. The van der Waals surface area contributed by atoms with Crippen molar-refractivity contribution in [3.8, 4) is 5.75 Å². The van der Waals surface area contributed by atoms with E-state index in [0.717, 1.165) is 42.8 Å². The van der Waals surface area contributed by atoms with E-state index in [9.17, 15) is 9.18 Å². The van der Waals surface area contributed by atoms with E-state index < -0.39 is 0 Å². The molecule has 148 valence electrons. The van der Waals surface area contributed by atoms with Gasteiger partial charge in [-0.05, 0) is 74.4 Å². The maximum Gasteiger partial charge on any atom is 0.246 e. The summed E-state index contributed by atoms with van der Waals surface area (Å²) in [6, 6.07) is 14.1. The number of amides is 1. The lowest BCUT2D eigenvalue weighted by Gasteiger charge is -2.34. The molecule has 0 aromatic heterocycles. The number of carbonyl (C=O) groups is 1. The van der Waals surface area contributed by atoms with Gasteiger partial charge in [0, 0.05) is 19.2 Å². The number of hydrogen-bond donors (Lipinski definition) is 0. The van der Waals surface area contributed by atoms with Gasteiger partial charge < -0.3 is 14.5 Å². The van der Waals surface area contributed by atoms with Crippen LogP contribution in [-0.2, 0) is 11.4 Å². The molecule has 4 nitrogen and oxygen atoms in total. The van der Waals surface area contributed by atoms with Crippen LogP contribution in [0.3, 0.4) is 0 Å². The number of hydrogen-bond acceptors (Lipinski definition) is 3. The summed E-state index contributed by atoms with van der Waals surface area (Å²) >= 11 is 0. The molecular weight excluding hydrogens is 355 g/mol. The van der Waals surface area contributed by atoms with Crippen molar-refractivity contribution in [1.82, 2.24) is 9.80 Å². The minimum absolute atomic E-state index is 0.0335. The van der Waals surface area contributed by atoms with Crippen LogP contribution < -0.4 is 4.74 Å². The molecule has 1 fully saturated rings. The summed E-state index contributed by atoms with van der Waals surface area (Å²) in [6.07, 6.45) is 5.50. The van der Waals surface area contributed by atoms with Gasteiger partial charge in [0.05, 0.1) is 0 Å². The lowest BCUT2D eigenvalue weighted by Crippen LogP contribution is -2.43. The number of likely N-dealkylation sites (N-methyl/N-ethyl adjacent to an activating group) is 1. The van der Waals surface area contributed by atoms with Crippen LogP contribution in [0.5, 0.6) is 5.75 Å². The second-order valence-corrected chi connectivity index (χ2v) is 7.30. The highest BCUT2D eigenvalue weighted by Gasteiger charge is 2.22. The summed E-state index contributed by atoms with van der Waals surface area (Å²) < 4.78 is 18.6. The summed E-state index contributed by atoms with van der Waals surface area (Å²) in [5.74, 6) is 0.512. The summed E-state index contributed by atoms with van der Waals surface area (Å²) in [5, 5.41) is 0. The van der Waals surface area contributed by atoms with Crippen LogP contribution in [0.25, 0.3) is 6.08 Å². The van der Waals surface area contributed by atoms with Crippen LogP contribution in [0.15, 0.2) is 54.6 Å². The molecular formula is C23H27FN2O2. The third kappa shape index (κ3) is 5.67. The van der Waals surface area contributed by atoms with E-state index in [1.807, 2.05) is 42.3 Å². The van der Waals surface area contributed by atoms with Crippen molar-refractivity contribution in [2.45, 2.75) is 25.5 Å². The zero-order valence-corrected chi connectivity index (χ0v) is 16.5. The minimum atomic E-state index is -0.254. The SMILES string of the molecule is CN1CCC(N(C)C(=O)/C=C/c2ccc(OCc3ccc(F)cc3)cc2)CC1. The Bertz CT molecular complexity index is 794. The standard InChI is InChI=1S/C23H27FN2O2/c1-25-15-13-21(14-16-25)26(2)23(27)12-7-18-5-10-22(11-6-18)28-17-19-3-8-20(24)9-4-19/h3-12,21H,13-17H2,1-2H3/b12-7+. The zero-order valence-electron chi connectivity index (χ0n) is 16.5. The van der Waals surface area contributed by atoms with Gasteiger partial charge in [-0.25, -0.2) is 4.39 Å². The topological polar surface area (TPSA) is 32.8 Å². The summed E-state index contributed by atoms with van der Waals surface area (Å²) in [7, 11) is 4.00. The number of rotatable bonds is 6. The molecule has 0 bridgehead atoms. The van der Waals surface area contributed by atoms with Crippen molar-refractivity contribution in [2.24, 2.45) is 0 Å². The molecule has 1 heterocycles. The van der Waals surface area contributed by atoms with Crippen LogP contribution in [-0.4, -0.2) is 48.9 Å². The average molecular weight is 382 g/mol. The second-order valence-electron chi connectivity index (χ2n) is 7.30. The average Bonchev–Trinajstić information content (AvgIpc) is 2.72. The molecule has 2 aromatic rings. The van der Waals surface area contributed by atoms with Gasteiger partial charge in [0.25, 0.3) is 0 Å². The fourth-order valence-electron chi connectivity index (χ4n) is 3.27. The first-order valence-electron chi connectivity index (χ1n) is 9.62. The van der Waals surface area contributed by atoms with E-state index in [0.29, 0.717) is 12.6 Å². The van der Waals surface area contributed by atoms with Crippen LogP contribution in [0, 0.1) is 5.82 Å². The predicted octanol–water partition coefficient (Wildman–Crippen LogP) is 3.97. The van der Waals surface area contributed by atoms with Crippen LogP contribution >= 0.6 is 0 Å². The molecule has 1 amide bonds. The third-order valence-electron chi connectivity index (χ3n) is 5.20. The molecule has 1 aliphatic heterocycles. The number of ether oxygens (including phenoxy) is 1. The normalized spacial score (nSPS) is 15.7. The fourth-order valence-corrected chi connectivity index (χ4v) is 3.27. The van der Waals surface area contributed by atoms with Gasteiger partial charge in [-0.1, -0.05) is 24.3 Å². The summed E-state index contributed by atoms with van der Waals surface area (Å²) in [6.45, 7) is 2.45. The highest BCUT2D eigenvalue weighted by atomic mass is 19.1. The quantitative estimate of drug-likeness (QED) is 0.709. The molecule has 0 atom stereocenters. The Balaban J connectivity index is 1.50. The van der Waals surface area contributed by atoms with Gasteiger partial charge in [-0.3, -0.25) is 4.79 Å². The second kappa shape index (κ2) is 9.51. The molecule has 3 rings (SSSR count). The van der Waals surface area contributed by atoms with E-state index in [2.05, 4.69) is 11.9 Å². The Hall–Kier alpha value is -2.66. The fraction of sp³-hybridized carbons (Fsp3) is 0.348. The molecule has 0 aliphatic carbocycles. The number of carbonyl (C=O) groups excluding carboxylic acids is 1. The van der Waals surface area contributed by atoms with E-state index in [1.165, 1.54) is 12.1 Å². The predicted molar refractivity (Wildman–Crippen MR) is 109 cm³/mol. The van der Waals surface area contributed by atoms with Gasteiger partial charge in [0.15, 0.2) is 0 Å². The Labute approximate surface area is 166 Å². The third-order valence-corrected chi connectivity index (χ3v) is 5.20. The number of likely N-dealkylation sites (tertiary alicyclic amines) is 1. The van der Waals surface area contributed by atoms with Crippen molar-refractivity contribution in [3.63, 3.8) is 0 Å². The van der Waals surface area contributed by atoms with Gasteiger partial charge in [-0.15, -0.1) is 0 Å². The van der Waals surface area contributed by atoms with Gasteiger partial charge in [0.2, 0.25) is 5.91 Å². The van der Waals surface area contributed by atoms with Crippen molar-refractivity contribution in [1.29, 1.82) is 0 Å². The van der Waals surface area contributed by atoms with Gasteiger partial charge in [-0.2, -0.15) is 0 Å². The number of piperidine rings is 1. The molecule has 0 saturated carbocycles.